The number of carbonyl (C=O) groups is 1. The number of allylic oxidation sites excluding steroid dienone is 7. The van der Waals surface area contributed by atoms with Crippen molar-refractivity contribution in [1.82, 2.24) is 5.32 Å². The van der Waals surface area contributed by atoms with Crippen molar-refractivity contribution in [2.24, 2.45) is 0 Å². The highest BCUT2D eigenvalue weighted by atomic mass is 16.7. The van der Waals surface area contributed by atoms with E-state index in [0.29, 0.717) is 12.8 Å². The second-order valence-electron chi connectivity index (χ2n) is 25.0. The van der Waals surface area contributed by atoms with Crippen LogP contribution in [0, 0.1) is 0 Å². The van der Waals surface area contributed by atoms with Crippen molar-refractivity contribution in [3.63, 3.8) is 0 Å². The summed E-state index contributed by atoms with van der Waals surface area (Å²) in [5.41, 5.74) is 0. The van der Waals surface area contributed by atoms with Gasteiger partial charge in [0.15, 0.2) is 12.6 Å². The number of ether oxygens (including phenoxy) is 4. The van der Waals surface area contributed by atoms with Gasteiger partial charge in [-0.3, -0.25) is 4.79 Å². The Morgan fingerprint density at radius 2 is 0.788 bits per heavy atom. The van der Waals surface area contributed by atoms with Crippen molar-refractivity contribution in [1.29, 1.82) is 0 Å². The van der Waals surface area contributed by atoms with E-state index in [0.717, 1.165) is 44.9 Å². The molecule has 498 valence electrons. The van der Waals surface area contributed by atoms with E-state index in [1.54, 1.807) is 6.08 Å². The van der Waals surface area contributed by atoms with Gasteiger partial charge in [0.1, 0.15) is 48.8 Å². The molecule has 9 N–H and O–H groups in total. The Kier molecular flexibility index (Phi) is 52.1. The van der Waals surface area contributed by atoms with E-state index >= 15 is 0 Å². The SMILES string of the molecule is CCCCC/C=C\C/C=C\CCCCCCCCCCCC(=O)NC(COC1OC(CO)C(OC2OC(CO)C(O)C(O)C2O)C(O)C1O)C(O)/C=C/CC/C=C/CCCCCCCCCCCCCCCCCCCCCCCCCCCC. The maximum atomic E-state index is 13.3. The molecule has 1 amide bonds. The molecule has 85 heavy (non-hydrogen) atoms. The zero-order chi connectivity index (χ0) is 61.6. The van der Waals surface area contributed by atoms with E-state index in [1.165, 1.54) is 225 Å². The Labute approximate surface area is 518 Å². The number of aliphatic hydroxyl groups is 8. The van der Waals surface area contributed by atoms with Gasteiger partial charge in [-0.05, 0) is 64.2 Å². The van der Waals surface area contributed by atoms with Gasteiger partial charge in [-0.25, -0.2) is 0 Å². The summed E-state index contributed by atoms with van der Waals surface area (Å²) < 4.78 is 22.8. The molecular formula is C71H131NO13. The monoisotopic (exact) mass is 1210 g/mol. The number of unbranched alkanes of at least 4 members (excludes halogenated alkanes) is 39. The fourth-order valence-electron chi connectivity index (χ4n) is 11.6. The van der Waals surface area contributed by atoms with Gasteiger partial charge in [0.2, 0.25) is 5.91 Å². The van der Waals surface area contributed by atoms with Crippen molar-refractivity contribution in [3.8, 4) is 0 Å². The molecule has 2 heterocycles. The Hall–Kier alpha value is -2.05. The van der Waals surface area contributed by atoms with Gasteiger partial charge in [-0.2, -0.15) is 0 Å². The lowest BCUT2D eigenvalue weighted by Gasteiger charge is -2.46. The third-order valence-electron chi connectivity index (χ3n) is 17.2. The van der Waals surface area contributed by atoms with Gasteiger partial charge >= 0.3 is 0 Å². The number of hydrogen-bond acceptors (Lipinski definition) is 13. The quantitative estimate of drug-likeness (QED) is 0.0204. The highest BCUT2D eigenvalue weighted by Gasteiger charge is 2.51. The Morgan fingerprint density at radius 1 is 0.424 bits per heavy atom. The van der Waals surface area contributed by atoms with E-state index in [4.69, 9.17) is 18.9 Å². The summed E-state index contributed by atoms with van der Waals surface area (Å²) >= 11 is 0. The average Bonchev–Trinajstić information content (AvgIpc) is 3.69. The van der Waals surface area contributed by atoms with Crippen LogP contribution in [0.3, 0.4) is 0 Å². The van der Waals surface area contributed by atoms with Gasteiger partial charge < -0.3 is 65.1 Å². The van der Waals surface area contributed by atoms with Crippen LogP contribution in [-0.4, -0.2) is 140 Å². The molecule has 2 fully saturated rings. The molecule has 14 nitrogen and oxygen atoms in total. The first-order valence-electron chi connectivity index (χ1n) is 35.4. The Morgan fingerprint density at radius 3 is 1.25 bits per heavy atom. The van der Waals surface area contributed by atoms with E-state index in [1.807, 2.05) is 6.08 Å². The van der Waals surface area contributed by atoms with E-state index < -0.39 is 86.8 Å². The highest BCUT2D eigenvalue weighted by molar-refractivity contribution is 5.76. The van der Waals surface area contributed by atoms with Crippen LogP contribution in [0.1, 0.15) is 303 Å². The first-order valence-corrected chi connectivity index (χ1v) is 35.4. The van der Waals surface area contributed by atoms with Crippen LogP contribution in [0.5, 0.6) is 0 Å². The molecule has 2 saturated heterocycles. The third kappa shape index (κ3) is 40.3. The molecule has 0 aliphatic carbocycles. The summed E-state index contributed by atoms with van der Waals surface area (Å²) in [7, 11) is 0. The fraction of sp³-hybridized carbons (Fsp3) is 0.873. The molecular weight excluding hydrogens is 1070 g/mol. The first kappa shape index (κ1) is 79.0. The number of rotatable bonds is 58. The van der Waals surface area contributed by atoms with Crippen LogP contribution in [-0.2, 0) is 23.7 Å². The van der Waals surface area contributed by atoms with E-state index in [2.05, 4.69) is 55.6 Å². The van der Waals surface area contributed by atoms with Crippen molar-refractivity contribution < 1.29 is 64.6 Å². The summed E-state index contributed by atoms with van der Waals surface area (Å²) in [5, 5.41) is 87.4. The zero-order valence-corrected chi connectivity index (χ0v) is 54.1. The molecule has 12 atom stereocenters. The molecule has 0 aromatic heterocycles. The van der Waals surface area contributed by atoms with Gasteiger partial charge in [0.05, 0.1) is 32.0 Å². The summed E-state index contributed by atoms with van der Waals surface area (Å²) in [4.78, 5) is 13.3. The summed E-state index contributed by atoms with van der Waals surface area (Å²) in [6, 6.07) is -0.936. The topological polar surface area (TPSA) is 228 Å². The molecule has 0 aromatic carbocycles. The number of hydrogen-bond donors (Lipinski definition) is 9. The lowest BCUT2D eigenvalue weighted by Crippen LogP contribution is -2.65. The second-order valence-corrected chi connectivity index (χ2v) is 25.0. The maximum absolute atomic E-state index is 13.3. The molecule has 12 unspecified atom stereocenters. The van der Waals surface area contributed by atoms with Gasteiger partial charge in [-0.1, -0.05) is 281 Å². The van der Waals surface area contributed by atoms with Crippen LogP contribution in [0.25, 0.3) is 0 Å². The summed E-state index contributed by atoms with van der Waals surface area (Å²) in [5.74, 6) is -0.251. The highest BCUT2D eigenvalue weighted by Crippen LogP contribution is 2.30. The fourth-order valence-corrected chi connectivity index (χ4v) is 11.6. The molecule has 0 radical (unpaired) electrons. The minimum absolute atomic E-state index is 0.251. The standard InChI is InChI=1S/C71H131NO13/c1-3-5-7-9-11-13-15-17-19-21-23-24-25-26-27-28-29-30-31-32-33-34-35-37-38-40-42-44-46-48-50-52-54-60(75)59(72-63(76)55-53-51-49-47-45-43-41-39-36-22-20-18-16-14-12-10-8-6-4-2)58-82-70-68(81)66(79)69(62(57-74)84-70)85-71-67(80)65(78)64(77)61(56-73)83-71/h12,14,18,20,44,46,52,54,59-62,64-71,73-75,77-81H,3-11,13,15-17,19,21-43,45,47-51,53,55-58H2,1-2H3,(H,72,76)/b14-12-,20-18-,46-44+,54-52+. The molecule has 0 aromatic rings. The molecule has 2 aliphatic rings. The van der Waals surface area contributed by atoms with Crippen LogP contribution in [0.2, 0.25) is 0 Å². The average molecular weight is 1210 g/mol. The smallest absolute Gasteiger partial charge is 0.220 e. The van der Waals surface area contributed by atoms with Crippen molar-refractivity contribution in [3.05, 3.63) is 48.6 Å². The number of aliphatic hydroxyl groups excluding tert-OH is 8. The lowest BCUT2D eigenvalue weighted by molar-refractivity contribution is -0.359. The van der Waals surface area contributed by atoms with Crippen molar-refractivity contribution in [2.45, 2.75) is 376 Å². The summed E-state index contributed by atoms with van der Waals surface area (Å²) in [6.07, 6.45) is 56.1. The number of carbonyl (C=O) groups excluding carboxylic acids is 1. The third-order valence-corrected chi connectivity index (χ3v) is 17.2. The number of amides is 1. The molecule has 0 bridgehead atoms. The molecule has 2 rings (SSSR count). The molecule has 0 saturated carbocycles. The van der Waals surface area contributed by atoms with Gasteiger partial charge in [0.25, 0.3) is 0 Å². The second kappa shape index (κ2) is 56.0. The number of nitrogens with one attached hydrogen (secondary N) is 1. The van der Waals surface area contributed by atoms with Crippen molar-refractivity contribution >= 4 is 5.91 Å². The van der Waals surface area contributed by atoms with E-state index in [9.17, 15) is 45.6 Å². The van der Waals surface area contributed by atoms with E-state index in [-0.39, 0.29) is 18.9 Å². The largest absolute Gasteiger partial charge is 0.394 e. The van der Waals surface area contributed by atoms with Crippen LogP contribution in [0.4, 0.5) is 0 Å². The maximum Gasteiger partial charge on any atom is 0.220 e. The van der Waals surface area contributed by atoms with Crippen LogP contribution < -0.4 is 5.32 Å². The van der Waals surface area contributed by atoms with Crippen LogP contribution in [0.15, 0.2) is 48.6 Å². The predicted molar refractivity (Wildman–Crippen MR) is 346 cm³/mol. The van der Waals surface area contributed by atoms with Gasteiger partial charge in [-0.15, -0.1) is 0 Å². The molecule has 14 heteroatoms. The summed E-state index contributed by atoms with van der Waals surface area (Å²) in [6.45, 7) is 2.79. The minimum Gasteiger partial charge on any atom is -0.394 e. The van der Waals surface area contributed by atoms with Gasteiger partial charge in [0, 0.05) is 6.42 Å². The predicted octanol–water partition coefficient (Wildman–Crippen LogP) is 14.3. The first-order chi connectivity index (χ1) is 41.6. The Bertz CT molecular complexity index is 1610. The molecule has 2 aliphatic heterocycles. The normalized spacial score (nSPS) is 23.8. The lowest BCUT2D eigenvalue weighted by atomic mass is 9.97. The van der Waals surface area contributed by atoms with Crippen LogP contribution >= 0.6 is 0 Å². The van der Waals surface area contributed by atoms with Crippen molar-refractivity contribution in [2.75, 3.05) is 19.8 Å². The molecule has 0 spiro atoms. The minimum atomic E-state index is -1.79. The zero-order valence-electron chi connectivity index (χ0n) is 54.1. The Balaban J connectivity index is 1.67.